The van der Waals surface area contributed by atoms with Crippen LogP contribution in [0.25, 0.3) is 0 Å². The van der Waals surface area contributed by atoms with Crippen molar-refractivity contribution < 1.29 is 39.4 Å². The van der Waals surface area contributed by atoms with E-state index >= 15 is 0 Å². The average molecular weight is 420 g/mol. The Bertz CT molecular complexity index is 885. The van der Waals surface area contributed by atoms with Gasteiger partial charge in [-0.2, -0.15) is 0 Å². The van der Waals surface area contributed by atoms with E-state index in [1.165, 1.54) is 34.5 Å². The van der Waals surface area contributed by atoms with E-state index in [0.29, 0.717) is 29.2 Å². The minimum atomic E-state index is -0.467. The lowest BCUT2D eigenvalue weighted by atomic mass is 9.66. The van der Waals surface area contributed by atoms with Crippen molar-refractivity contribution in [2.75, 3.05) is 41.7 Å². The first-order valence-electron chi connectivity index (χ1n) is 9.58. The van der Waals surface area contributed by atoms with Crippen molar-refractivity contribution in [2.45, 2.75) is 12.3 Å². The van der Waals surface area contributed by atoms with Gasteiger partial charge in [0.15, 0.2) is 23.0 Å². The van der Waals surface area contributed by atoms with Gasteiger partial charge in [-0.15, -0.1) is 0 Å². The molecule has 3 rings (SSSR count). The van der Waals surface area contributed by atoms with Crippen molar-refractivity contribution in [3.05, 3.63) is 34.9 Å². The van der Waals surface area contributed by atoms with Crippen LogP contribution >= 0.6 is 0 Å². The number of benzene rings is 2. The van der Waals surface area contributed by atoms with Crippen molar-refractivity contribution in [3.8, 4) is 34.5 Å². The predicted octanol–water partition coefficient (Wildman–Crippen LogP) is 2.04. The second-order valence-electron chi connectivity index (χ2n) is 7.28. The fraction of sp³-hybridized carbons (Fsp3) is 0.455. The van der Waals surface area contributed by atoms with Gasteiger partial charge < -0.3 is 39.4 Å². The first-order valence-corrected chi connectivity index (χ1v) is 9.58. The first-order chi connectivity index (χ1) is 14.4. The molecule has 0 spiro atoms. The Hall–Kier alpha value is -2.84. The van der Waals surface area contributed by atoms with E-state index in [4.69, 9.17) is 18.9 Å². The maximum absolute atomic E-state index is 10.4. The topological polar surface area (TPSA) is 118 Å². The van der Waals surface area contributed by atoms with E-state index in [1.54, 1.807) is 12.1 Å². The summed E-state index contributed by atoms with van der Waals surface area (Å²) >= 11 is 0. The number of methoxy groups -OCH3 is 4. The number of hydrogen-bond donors (Lipinski definition) is 4. The quantitative estimate of drug-likeness (QED) is 0.503. The van der Waals surface area contributed by atoms with Gasteiger partial charge in [-0.25, -0.2) is 0 Å². The molecule has 3 atom stereocenters. The molecule has 0 amide bonds. The van der Waals surface area contributed by atoms with Crippen LogP contribution in [0.2, 0.25) is 0 Å². The van der Waals surface area contributed by atoms with Gasteiger partial charge in [0.2, 0.25) is 11.5 Å². The molecule has 1 aliphatic rings. The molecule has 164 valence electrons. The summed E-state index contributed by atoms with van der Waals surface area (Å²) in [5.41, 5.74) is 2.10. The van der Waals surface area contributed by atoms with Crippen LogP contribution in [0.5, 0.6) is 34.5 Å². The summed E-state index contributed by atoms with van der Waals surface area (Å²) in [6.45, 7) is -0.341. The molecule has 0 fully saturated rings. The van der Waals surface area contributed by atoms with Gasteiger partial charge in [-0.05, 0) is 47.6 Å². The first kappa shape index (κ1) is 21.9. The molecule has 1 aliphatic carbocycles. The van der Waals surface area contributed by atoms with Crippen LogP contribution in [0.15, 0.2) is 18.2 Å². The number of hydrogen-bond acceptors (Lipinski definition) is 8. The number of fused-ring (bicyclic) bond motifs is 1. The highest BCUT2D eigenvalue weighted by molar-refractivity contribution is 5.63. The van der Waals surface area contributed by atoms with E-state index in [9.17, 15) is 20.4 Å². The Kier molecular flexibility index (Phi) is 6.48. The van der Waals surface area contributed by atoms with Gasteiger partial charge in [0, 0.05) is 24.7 Å². The Labute approximate surface area is 175 Å². The monoisotopic (exact) mass is 420 g/mol. The zero-order chi connectivity index (χ0) is 22.0. The highest BCUT2D eigenvalue weighted by Crippen LogP contribution is 2.54. The summed E-state index contributed by atoms with van der Waals surface area (Å²) in [4.78, 5) is 0. The van der Waals surface area contributed by atoms with E-state index in [0.717, 1.165) is 11.1 Å². The van der Waals surface area contributed by atoms with Crippen molar-refractivity contribution in [2.24, 2.45) is 11.8 Å². The Balaban J connectivity index is 2.33. The van der Waals surface area contributed by atoms with Crippen LogP contribution in [0.4, 0.5) is 0 Å². The van der Waals surface area contributed by atoms with E-state index < -0.39 is 5.92 Å². The second kappa shape index (κ2) is 8.89. The van der Waals surface area contributed by atoms with Gasteiger partial charge >= 0.3 is 0 Å². The highest BCUT2D eigenvalue weighted by Gasteiger charge is 2.41. The molecule has 0 bridgehead atoms. The summed E-state index contributed by atoms with van der Waals surface area (Å²) in [5.74, 6) is -0.315. The van der Waals surface area contributed by atoms with Gasteiger partial charge in [-0.1, -0.05) is 0 Å². The SMILES string of the molecule is COc1cc([C@@H]2c3c(cc(O)c(O)c3OC)C[C@@H](CO)[C@@H]2CO)cc(OC)c1OC. The number of aliphatic hydroxyl groups excluding tert-OH is 2. The van der Waals surface area contributed by atoms with Crippen molar-refractivity contribution in [1.82, 2.24) is 0 Å². The number of ether oxygens (including phenoxy) is 4. The third kappa shape index (κ3) is 3.46. The summed E-state index contributed by atoms with van der Waals surface area (Å²) in [6, 6.07) is 5.04. The lowest BCUT2D eigenvalue weighted by Gasteiger charge is -2.39. The smallest absolute Gasteiger partial charge is 0.203 e. The summed E-state index contributed by atoms with van der Waals surface area (Å²) < 4.78 is 21.8. The third-order valence-electron chi connectivity index (χ3n) is 5.88. The fourth-order valence-electron chi connectivity index (χ4n) is 4.49. The number of aromatic hydroxyl groups is 2. The Morgan fingerprint density at radius 3 is 1.90 bits per heavy atom. The molecule has 0 aromatic heterocycles. The number of rotatable bonds is 7. The maximum Gasteiger partial charge on any atom is 0.203 e. The average Bonchev–Trinajstić information content (AvgIpc) is 2.77. The zero-order valence-corrected chi connectivity index (χ0v) is 17.5. The Morgan fingerprint density at radius 1 is 0.833 bits per heavy atom. The molecule has 30 heavy (non-hydrogen) atoms. The summed E-state index contributed by atoms with van der Waals surface area (Å²) in [5, 5.41) is 40.8. The minimum Gasteiger partial charge on any atom is -0.504 e. The fourth-order valence-corrected chi connectivity index (χ4v) is 4.49. The normalized spacial score (nSPS) is 20.4. The van der Waals surface area contributed by atoms with Crippen molar-refractivity contribution in [3.63, 3.8) is 0 Å². The van der Waals surface area contributed by atoms with Gasteiger partial charge in [0.1, 0.15) is 0 Å². The van der Waals surface area contributed by atoms with Crippen LogP contribution in [-0.4, -0.2) is 62.1 Å². The van der Waals surface area contributed by atoms with Crippen LogP contribution < -0.4 is 18.9 Å². The van der Waals surface area contributed by atoms with Crippen molar-refractivity contribution in [1.29, 1.82) is 0 Å². The highest BCUT2D eigenvalue weighted by atomic mass is 16.5. The van der Waals surface area contributed by atoms with Crippen LogP contribution in [-0.2, 0) is 6.42 Å². The van der Waals surface area contributed by atoms with Gasteiger partial charge in [0.05, 0.1) is 28.4 Å². The molecule has 0 saturated carbocycles. The molecular weight excluding hydrogens is 392 g/mol. The Morgan fingerprint density at radius 2 is 1.43 bits per heavy atom. The summed E-state index contributed by atoms with van der Waals surface area (Å²) in [6.07, 6.45) is 0.419. The standard InChI is InChI=1S/C22H28O8/c1-27-16-7-12(8-17(28-2)21(16)29-3)18-14(10-24)13(9-23)5-11-6-15(25)20(26)22(30-4)19(11)18/h6-8,13-14,18,23-26H,5,9-10H2,1-4H3/t13-,14-,18-/m0/s1. The predicted molar refractivity (Wildman–Crippen MR) is 109 cm³/mol. The van der Waals surface area contributed by atoms with Gasteiger partial charge in [-0.3, -0.25) is 0 Å². The molecule has 0 saturated heterocycles. The van der Waals surface area contributed by atoms with E-state index in [1.807, 2.05) is 0 Å². The molecule has 2 aromatic rings. The second-order valence-corrected chi connectivity index (χ2v) is 7.28. The lowest BCUT2D eigenvalue weighted by Crippen LogP contribution is -2.35. The molecule has 8 heteroatoms. The molecule has 0 aliphatic heterocycles. The lowest BCUT2D eigenvalue weighted by molar-refractivity contribution is 0.0999. The third-order valence-corrected chi connectivity index (χ3v) is 5.88. The van der Waals surface area contributed by atoms with E-state index in [-0.39, 0.29) is 42.3 Å². The maximum atomic E-state index is 10.4. The number of aliphatic hydroxyl groups is 2. The van der Waals surface area contributed by atoms with Crippen LogP contribution in [0, 0.1) is 11.8 Å². The molecule has 0 heterocycles. The van der Waals surface area contributed by atoms with Gasteiger partial charge in [0.25, 0.3) is 0 Å². The number of phenols is 2. The summed E-state index contributed by atoms with van der Waals surface area (Å²) in [7, 11) is 5.95. The molecule has 8 nitrogen and oxygen atoms in total. The van der Waals surface area contributed by atoms with Crippen molar-refractivity contribution >= 4 is 0 Å². The van der Waals surface area contributed by atoms with Crippen LogP contribution in [0.1, 0.15) is 22.6 Å². The molecule has 2 aromatic carbocycles. The molecule has 0 unspecified atom stereocenters. The van der Waals surface area contributed by atoms with Crippen LogP contribution in [0.3, 0.4) is 0 Å². The molecule has 0 radical (unpaired) electrons. The van der Waals surface area contributed by atoms with E-state index in [2.05, 4.69) is 0 Å². The zero-order valence-electron chi connectivity index (χ0n) is 17.5. The largest absolute Gasteiger partial charge is 0.504 e. The number of phenolic OH excluding ortho intramolecular Hbond substituents is 2. The molecular formula is C22H28O8. The molecule has 4 N–H and O–H groups in total. The minimum absolute atomic E-state index is 0.138.